The van der Waals surface area contributed by atoms with Crippen LogP contribution in [0.15, 0.2) is 24.3 Å². The number of ether oxygens (including phenoxy) is 1. The Bertz CT molecular complexity index is 371. The van der Waals surface area contributed by atoms with E-state index in [9.17, 15) is 0 Å². The highest BCUT2D eigenvalue weighted by atomic mass is 16.5. The third-order valence-corrected chi connectivity index (χ3v) is 4.43. The summed E-state index contributed by atoms with van der Waals surface area (Å²) in [7, 11) is 1.70. The van der Waals surface area contributed by atoms with E-state index in [-0.39, 0.29) is 0 Å². The summed E-state index contributed by atoms with van der Waals surface area (Å²) in [4.78, 5) is 0. The molecule has 1 fully saturated rings. The van der Waals surface area contributed by atoms with E-state index >= 15 is 0 Å². The Morgan fingerprint density at radius 2 is 1.83 bits per heavy atom. The quantitative estimate of drug-likeness (QED) is 0.886. The minimum absolute atomic E-state index is 0.313. The zero-order valence-corrected chi connectivity index (χ0v) is 11.7. The molecule has 0 heterocycles. The molecule has 2 N–H and O–H groups in total. The van der Waals surface area contributed by atoms with E-state index in [1.54, 1.807) is 7.11 Å². The fourth-order valence-corrected chi connectivity index (χ4v) is 3.07. The zero-order valence-electron chi connectivity index (χ0n) is 11.7. The van der Waals surface area contributed by atoms with Crippen molar-refractivity contribution in [1.82, 2.24) is 0 Å². The number of methoxy groups -OCH3 is 1. The lowest BCUT2D eigenvalue weighted by atomic mass is 9.71. The summed E-state index contributed by atoms with van der Waals surface area (Å²) in [6.07, 6.45) is 3.66. The standard InChI is InChI=1S/C16H25NO/c1-11(2)13-6-9-16(17)15(10-13)12-4-7-14(18-3)8-5-12/h4-5,7-8,11,13,15-16H,6,9-10,17H2,1-3H3. The van der Waals surface area contributed by atoms with Crippen LogP contribution < -0.4 is 10.5 Å². The molecule has 0 radical (unpaired) electrons. The van der Waals surface area contributed by atoms with Crippen LogP contribution in [0.5, 0.6) is 5.75 Å². The Morgan fingerprint density at radius 1 is 1.17 bits per heavy atom. The molecule has 0 amide bonds. The van der Waals surface area contributed by atoms with Crippen LogP contribution in [0, 0.1) is 11.8 Å². The largest absolute Gasteiger partial charge is 0.497 e. The van der Waals surface area contributed by atoms with Gasteiger partial charge in [0.15, 0.2) is 0 Å². The number of hydrogen-bond donors (Lipinski definition) is 1. The van der Waals surface area contributed by atoms with E-state index in [0.29, 0.717) is 12.0 Å². The van der Waals surface area contributed by atoms with E-state index in [2.05, 4.69) is 26.0 Å². The maximum atomic E-state index is 6.31. The first kappa shape index (κ1) is 13.4. The van der Waals surface area contributed by atoms with Crippen LogP contribution >= 0.6 is 0 Å². The highest BCUT2D eigenvalue weighted by molar-refractivity contribution is 5.30. The average Bonchev–Trinajstić information content (AvgIpc) is 2.39. The first-order valence-electron chi connectivity index (χ1n) is 7.01. The van der Waals surface area contributed by atoms with Gasteiger partial charge in [-0.05, 0) is 54.7 Å². The fraction of sp³-hybridized carbons (Fsp3) is 0.625. The van der Waals surface area contributed by atoms with Gasteiger partial charge in [0.1, 0.15) is 5.75 Å². The molecule has 100 valence electrons. The number of nitrogens with two attached hydrogens (primary N) is 1. The van der Waals surface area contributed by atoms with E-state index in [0.717, 1.165) is 24.0 Å². The first-order valence-corrected chi connectivity index (χ1v) is 7.01. The predicted octanol–water partition coefficient (Wildman–Crippen LogP) is 3.56. The maximum Gasteiger partial charge on any atom is 0.118 e. The predicted molar refractivity (Wildman–Crippen MR) is 75.9 cm³/mol. The second-order valence-corrected chi connectivity index (χ2v) is 5.86. The van der Waals surface area contributed by atoms with Crippen molar-refractivity contribution in [3.8, 4) is 5.75 Å². The molecule has 18 heavy (non-hydrogen) atoms. The van der Waals surface area contributed by atoms with Crippen molar-refractivity contribution in [3.05, 3.63) is 29.8 Å². The molecule has 0 aliphatic heterocycles. The maximum absolute atomic E-state index is 6.31. The summed E-state index contributed by atoms with van der Waals surface area (Å²) in [5.74, 6) is 3.01. The van der Waals surface area contributed by atoms with E-state index < -0.39 is 0 Å². The van der Waals surface area contributed by atoms with Crippen molar-refractivity contribution >= 4 is 0 Å². The minimum Gasteiger partial charge on any atom is -0.497 e. The molecule has 0 aromatic heterocycles. The molecule has 3 atom stereocenters. The van der Waals surface area contributed by atoms with Crippen LogP contribution in [0.25, 0.3) is 0 Å². The molecule has 2 nitrogen and oxygen atoms in total. The van der Waals surface area contributed by atoms with Crippen LogP contribution in [0.2, 0.25) is 0 Å². The zero-order chi connectivity index (χ0) is 13.1. The van der Waals surface area contributed by atoms with Crippen molar-refractivity contribution in [1.29, 1.82) is 0 Å². The monoisotopic (exact) mass is 247 g/mol. The Kier molecular flexibility index (Phi) is 4.28. The van der Waals surface area contributed by atoms with E-state index in [4.69, 9.17) is 10.5 Å². The van der Waals surface area contributed by atoms with Gasteiger partial charge in [0.2, 0.25) is 0 Å². The minimum atomic E-state index is 0.313. The first-order chi connectivity index (χ1) is 8.61. The van der Waals surface area contributed by atoms with Crippen molar-refractivity contribution in [2.24, 2.45) is 17.6 Å². The number of rotatable bonds is 3. The van der Waals surface area contributed by atoms with Gasteiger partial charge in [-0.25, -0.2) is 0 Å². The molecule has 2 rings (SSSR count). The molecule has 1 aromatic carbocycles. The topological polar surface area (TPSA) is 35.2 Å². The lowest BCUT2D eigenvalue weighted by Crippen LogP contribution is -2.35. The van der Waals surface area contributed by atoms with Gasteiger partial charge in [-0.2, -0.15) is 0 Å². The summed E-state index contributed by atoms with van der Waals surface area (Å²) < 4.78 is 5.21. The second-order valence-electron chi connectivity index (χ2n) is 5.86. The summed E-state index contributed by atoms with van der Waals surface area (Å²) >= 11 is 0. The van der Waals surface area contributed by atoms with Gasteiger partial charge in [-0.3, -0.25) is 0 Å². The molecule has 3 unspecified atom stereocenters. The van der Waals surface area contributed by atoms with Gasteiger partial charge in [-0.1, -0.05) is 26.0 Å². The van der Waals surface area contributed by atoms with Crippen molar-refractivity contribution in [2.45, 2.75) is 45.1 Å². The number of benzene rings is 1. The Labute approximate surface area is 111 Å². The molecular formula is C16H25NO. The van der Waals surface area contributed by atoms with Gasteiger partial charge < -0.3 is 10.5 Å². The Morgan fingerprint density at radius 3 is 2.39 bits per heavy atom. The van der Waals surface area contributed by atoms with Crippen LogP contribution in [0.1, 0.15) is 44.6 Å². The second kappa shape index (κ2) is 5.75. The summed E-state index contributed by atoms with van der Waals surface area (Å²) in [5.41, 5.74) is 7.68. The van der Waals surface area contributed by atoms with Crippen LogP contribution in [0.3, 0.4) is 0 Å². The molecule has 1 aromatic rings. The highest BCUT2D eigenvalue weighted by Gasteiger charge is 2.30. The lowest BCUT2D eigenvalue weighted by Gasteiger charge is -2.36. The van der Waals surface area contributed by atoms with Gasteiger partial charge >= 0.3 is 0 Å². The van der Waals surface area contributed by atoms with Crippen molar-refractivity contribution in [2.75, 3.05) is 7.11 Å². The Hall–Kier alpha value is -1.02. The molecule has 0 saturated heterocycles. The highest BCUT2D eigenvalue weighted by Crippen LogP contribution is 2.39. The van der Waals surface area contributed by atoms with Crippen molar-refractivity contribution in [3.63, 3.8) is 0 Å². The molecule has 1 aliphatic carbocycles. The van der Waals surface area contributed by atoms with E-state index in [1.807, 2.05) is 12.1 Å². The van der Waals surface area contributed by atoms with Crippen LogP contribution in [-0.4, -0.2) is 13.2 Å². The summed E-state index contributed by atoms with van der Waals surface area (Å²) in [6, 6.07) is 8.74. The third-order valence-electron chi connectivity index (χ3n) is 4.43. The third kappa shape index (κ3) is 2.86. The van der Waals surface area contributed by atoms with Crippen LogP contribution in [-0.2, 0) is 0 Å². The van der Waals surface area contributed by atoms with Gasteiger partial charge in [0.25, 0.3) is 0 Å². The van der Waals surface area contributed by atoms with Gasteiger partial charge in [0.05, 0.1) is 7.11 Å². The van der Waals surface area contributed by atoms with Crippen LogP contribution in [0.4, 0.5) is 0 Å². The molecule has 0 bridgehead atoms. The average molecular weight is 247 g/mol. The van der Waals surface area contributed by atoms with Crippen molar-refractivity contribution < 1.29 is 4.74 Å². The molecule has 1 saturated carbocycles. The summed E-state index contributed by atoms with van der Waals surface area (Å²) in [6.45, 7) is 4.65. The SMILES string of the molecule is COc1ccc(C2CC(C(C)C)CCC2N)cc1. The van der Waals surface area contributed by atoms with Gasteiger partial charge in [-0.15, -0.1) is 0 Å². The number of hydrogen-bond acceptors (Lipinski definition) is 2. The van der Waals surface area contributed by atoms with E-state index in [1.165, 1.54) is 18.4 Å². The normalized spacial score (nSPS) is 28.4. The molecule has 0 spiro atoms. The molecular weight excluding hydrogens is 222 g/mol. The Balaban J connectivity index is 2.13. The smallest absolute Gasteiger partial charge is 0.118 e. The summed E-state index contributed by atoms with van der Waals surface area (Å²) in [5, 5.41) is 0. The lowest BCUT2D eigenvalue weighted by molar-refractivity contribution is 0.232. The molecule has 1 aliphatic rings. The fourth-order valence-electron chi connectivity index (χ4n) is 3.07. The van der Waals surface area contributed by atoms with Gasteiger partial charge in [0, 0.05) is 6.04 Å². The molecule has 2 heteroatoms.